The zero-order chi connectivity index (χ0) is 22.2. The first-order chi connectivity index (χ1) is 15.5. The predicted octanol–water partition coefficient (Wildman–Crippen LogP) is 5.93. The van der Waals surface area contributed by atoms with E-state index in [2.05, 4.69) is 24.4 Å². The van der Waals surface area contributed by atoms with Gasteiger partial charge in [-0.05, 0) is 66.8 Å². The van der Waals surface area contributed by atoms with E-state index >= 15 is 0 Å². The summed E-state index contributed by atoms with van der Waals surface area (Å²) in [5, 5.41) is 6.67. The number of nitrogens with zero attached hydrogens (tertiary/aromatic N) is 3. The lowest BCUT2D eigenvalue weighted by Crippen LogP contribution is -2.34. The van der Waals surface area contributed by atoms with Crippen LogP contribution in [0.4, 0.5) is 5.69 Å². The molecule has 2 aromatic heterocycles. The highest BCUT2D eigenvalue weighted by atomic mass is 35.5. The van der Waals surface area contributed by atoms with E-state index in [1.54, 1.807) is 54.6 Å². The van der Waals surface area contributed by atoms with Crippen molar-refractivity contribution >= 4 is 86.0 Å². The van der Waals surface area contributed by atoms with E-state index in [9.17, 15) is 4.79 Å². The van der Waals surface area contributed by atoms with Gasteiger partial charge in [0.05, 0.1) is 21.8 Å². The first-order valence-electron chi connectivity index (χ1n) is 9.17. The van der Waals surface area contributed by atoms with Crippen LogP contribution < -0.4 is 10.6 Å². The van der Waals surface area contributed by atoms with Crippen molar-refractivity contribution in [1.82, 2.24) is 19.0 Å². The quantitative estimate of drug-likeness (QED) is 0.297. The Balaban J connectivity index is 1.31. The van der Waals surface area contributed by atoms with Crippen LogP contribution in [0.15, 0.2) is 59.0 Å². The molecule has 0 bridgehead atoms. The molecule has 5 aromatic rings. The number of benzene rings is 3. The van der Waals surface area contributed by atoms with Gasteiger partial charge in [-0.2, -0.15) is 8.75 Å². The zero-order valence-corrected chi connectivity index (χ0v) is 19.1. The number of nitrogens with one attached hydrogen (secondary N) is 2. The zero-order valence-electron chi connectivity index (χ0n) is 15.9. The van der Waals surface area contributed by atoms with Gasteiger partial charge in [-0.25, -0.2) is 4.98 Å². The Morgan fingerprint density at radius 2 is 1.78 bits per heavy atom. The molecule has 2 heterocycles. The molecule has 0 atom stereocenters. The number of fused-ring (bicyclic) bond motifs is 2. The van der Waals surface area contributed by atoms with Gasteiger partial charge in [0, 0.05) is 16.8 Å². The van der Waals surface area contributed by atoms with E-state index < -0.39 is 0 Å². The van der Waals surface area contributed by atoms with E-state index in [4.69, 9.17) is 39.8 Å². The highest BCUT2D eigenvalue weighted by Crippen LogP contribution is 2.30. The molecule has 0 radical (unpaired) electrons. The number of thiocarbonyl (C=S) groups is 1. The van der Waals surface area contributed by atoms with Gasteiger partial charge in [0.15, 0.2) is 10.7 Å². The largest absolute Gasteiger partial charge is 0.436 e. The Kier molecular flexibility index (Phi) is 5.48. The van der Waals surface area contributed by atoms with Crippen LogP contribution >= 0.6 is 47.1 Å². The first kappa shape index (κ1) is 20.8. The standard InChI is InChI=1S/C21H11Cl2N5O2S2/c22-13-4-1-11(7-14(13)23)20-25-17-9-12(3-6-18(17)30-20)24-21(31)26-19(29)10-2-5-15-16(8-10)28-32-27-15/h1-9H,(H2,24,26,29,31). The van der Waals surface area contributed by atoms with Crippen LogP contribution in [-0.4, -0.2) is 24.8 Å². The molecule has 0 aliphatic rings. The predicted molar refractivity (Wildman–Crippen MR) is 131 cm³/mol. The molecule has 0 fully saturated rings. The van der Waals surface area contributed by atoms with E-state index in [1.807, 2.05) is 0 Å². The van der Waals surface area contributed by atoms with Gasteiger partial charge in [-0.15, -0.1) is 0 Å². The average molecular weight is 500 g/mol. The maximum Gasteiger partial charge on any atom is 0.257 e. The normalized spacial score (nSPS) is 11.1. The van der Waals surface area contributed by atoms with E-state index in [-0.39, 0.29) is 11.0 Å². The fraction of sp³-hybridized carbons (Fsp3) is 0. The number of hydrogen-bond donors (Lipinski definition) is 2. The Bertz CT molecular complexity index is 1510. The molecule has 5 rings (SSSR count). The summed E-state index contributed by atoms with van der Waals surface area (Å²) in [6.45, 7) is 0. The van der Waals surface area contributed by atoms with Crippen molar-refractivity contribution < 1.29 is 9.21 Å². The second-order valence-electron chi connectivity index (χ2n) is 6.71. The van der Waals surface area contributed by atoms with Crippen molar-refractivity contribution in [2.45, 2.75) is 0 Å². The number of aromatic nitrogens is 3. The van der Waals surface area contributed by atoms with E-state index in [1.165, 1.54) is 0 Å². The SMILES string of the molecule is O=C(NC(=S)Nc1ccc2oc(-c3ccc(Cl)c(Cl)c3)nc2c1)c1ccc2nsnc2c1. The number of halogens is 2. The summed E-state index contributed by atoms with van der Waals surface area (Å²) >= 11 is 18.4. The summed E-state index contributed by atoms with van der Waals surface area (Å²) in [5.74, 6) is 0.0698. The number of carbonyl (C=O) groups excluding carboxylic acids is 1. The van der Waals surface area contributed by atoms with Gasteiger partial charge in [0.1, 0.15) is 16.6 Å². The molecule has 11 heteroatoms. The third-order valence-electron chi connectivity index (χ3n) is 4.55. The first-order valence-corrected chi connectivity index (χ1v) is 11.1. The molecular formula is C21H11Cl2N5O2S2. The van der Waals surface area contributed by atoms with Crippen LogP contribution in [0.1, 0.15) is 10.4 Å². The summed E-state index contributed by atoms with van der Waals surface area (Å²) in [7, 11) is 0. The molecule has 3 aromatic carbocycles. The molecular weight excluding hydrogens is 489 g/mol. The minimum absolute atomic E-state index is 0.152. The number of oxazole rings is 1. The van der Waals surface area contributed by atoms with Crippen LogP contribution in [-0.2, 0) is 0 Å². The smallest absolute Gasteiger partial charge is 0.257 e. The Labute approximate surface area is 200 Å². The minimum atomic E-state index is -0.346. The van der Waals surface area contributed by atoms with Crippen molar-refractivity contribution in [3.8, 4) is 11.5 Å². The molecule has 0 aliphatic carbocycles. The summed E-state index contributed by atoms with van der Waals surface area (Å²) in [6.07, 6.45) is 0. The van der Waals surface area contributed by atoms with Gasteiger partial charge >= 0.3 is 0 Å². The third kappa shape index (κ3) is 4.15. The van der Waals surface area contributed by atoms with Gasteiger partial charge in [0.2, 0.25) is 5.89 Å². The molecule has 1 amide bonds. The molecule has 0 saturated carbocycles. The lowest BCUT2D eigenvalue weighted by molar-refractivity contribution is 0.0978. The third-order valence-corrected chi connectivity index (χ3v) is 6.05. The van der Waals surface area contributed by atoms with Gasteiger partial charge in [-0.3, -0.25) is 10.1 Å². The number of rotatable bonds is 3. The van der Waals surface area contributed by atoms with Crippen LogP contribution in [0, 0.1) is 0 Å². The van der Waals surface area contributed by atoms with Gasteiger partial charge in [-0.1, -0.05) is 23.2 Å². The Hall–Kier alpha value is -3.11. The summed E-state index contributed by atoms with van der Waals surface area (Å²) in [4.78, 5) is 17.0. The lowest BCUT2D eigenvalue weighted by Gasteiger charge is -2.09. The van der Waals surface area contributed by atoms with Crippen molar-refractivity contribution in [3.63, 3.8) is 0 Å². The monoisotopic (exact) mass is 499 g/mol. The highest BCUT2D eigenvalue weighted by molar-refractivity contribution is 7.80. The van der Waals surface area contributed by atoms with E-state index in [0.717, 1.165) is 17.2 Å². The molecule has 0 saturated heterocycles. The highest BCUT2D eigenvalue weighted by Gasteiger charge is 2.13. The van der Waals surface area contributed by atoms with Crippen molar-refractivity contribution in [1.29, 1.82) is 0 Å². The number of anilines is 1. The average Bonchev–Trinajstić information content (AvgIpc) is 3.41. The minimum Gasteiger partial charge on any atom is -0.436 e. The lowest BCUT2D eigenvalue weighted by atomic mass is 10.2. The molecule has 0 spiro atoms. The fourth-order valence-electron chi connectivity index (χ4n) is 3.02. The van der Waals surface area contributed by atoms with Crippen molar-refractivity contribution in [3.05, 3.63) is 70.2 Å². The van der Waals surface area contributed by atoms with Crippen molar-refractivity contribution in [2.75, 3.05) is 5.32 Å². The molecule has 0 unspecified atom stereocenters. The fourth-order valence-corrected chi connectivity index (χ4v) is 4.04. The summed E-state index contributed by atoms with van der Waals surface area (Å²) in [6, 6.07) is 15.6. The number of amides is 1. The molecule has 0 aliphatic heterocycles. The van der Waals surface area contributed by atoms with Crippen LogP contribution in [0.5, 0.6) is 0 Å². The summed E-state index contributed by atoms with van der Waals surface area (Å²) < 4.78 is 14.1. The second kappa shape index (κ2) is 8.44. The van der Waals surface area contributed by atoms with Crippen LogP contribution in [0.3, 0.4) is 0 Å². The number of carbonyl (C=O) groups is 1. The van der Waals surface area contributed by atoms with Gasteiger partial charge < -0.3 is 9.73 Å². The van der Waals surface area contributed by atoms with E-state index in [0.29, 0.717) is 49.4 Å². The maximum absolute atomic E-state index is 12.5. The number of hydrogen-bond acceptors (Lipinski definition) is 7. The van der Waals surface area contributed by atoms with Crippen LogP contribution in [0.2, 0.25) is 10.0 Å². The molecule has 158 valence electrons. The van der Waals surface area contributed by atoms with Gasteiger partial charge in [0.25, 0.3) is 5.91 Å². The molecule has 7 nitrogen and oxygen atoms in total. The maximum atomic E-state index is 12.5. The van der Waals surface area contributed by atoms with Crippen LogP contribution in [0.25, 0.3) is 33.6 Å². The molecule has 32 heavy (non-hydrogen) atoms. The topological polar surface area (TPSA) is 92.9 Å². The molecule has 2 N–H and O–H groups in total. The summed E-state index contributed by atoms with van der Waals surface area (Å²) in [5.41, 5.74) is 4.41. The van der Waals surface area contributed by atoms with Crippen molar-refractivity contribution in [2.24, 2.45) is 0 Å². The second-order valence-corrected chi connectivity index (χ2v) is 8.46. The Morgan fingerprint density at radius 3 is 2.62 bits per heavy atom. The Morgan fingerprint density at radius 1 is 0.938 bits per heavy atom.